The molecule has 2 rings (SSSR count). The number of H-pyrrole nitrogens is 1. The van der Waals surface area contributed by atoms with E-state index >= 15 is 0 Å². The first-order valence-corrected chi connectivity index (χ1v) is 6.08. The van der Waals surface area contributed by atoms with Gasteiger partial charge in [0.25, 0.3) is 11.5 Å². The molecule has 1 aromatic rings. The number of aliphatic hydroxyl groups is 1. The number of rotatable bonds is 5. The van der Waals surface area contributed by atoms with E-state index in [4.69, 9.17) is 5.11 Å². The Bertz CT molecular complexity index is 677. The van der Waals surface area contributed by atoms with Crippen LogP contribution >= 0.6 is 0 Å². The van der Waals surface area contributed by atoms with E-state index in [1.807, 2.05) is 0 Å². The molecule has 5 N–H and O–H groups in total. The average molecular weight is 297 g/mol. The average Bonchev–Trinajstić information content (AvgIpc) is 2.89. The highest BCUT2D eigenvalue weighted by Crippen LogP contribution is 1.93. The number of amidine groups is 1. The van der Waals surface area contributed by atoms with E-state index in [2.05, 4.69) is 26.4 Å². The van der Waals surface area contributed by atoms with Crippen molar-refractivity contribution in [1.29, 1.82) is 0 Å². The summed E-state index contributed by atoms with van der Waals surface area (Å²) >= 11 is 0. The highest BCUT2D eigenvalue weighted by Gasteiger charge is 2.16. The Balaban J connectivity index is 2.20. The minimum atomic E-state index is -0.753. The fourth-order valence-electron chi connectivity index (χ4n) is 1.69. The number of amides is 1. The number of carbonyl (C=O) groups is 1. The van der Waals surface area contributed by atoms with Crippen LogP contribution in [0.3, 0.4) is 0 Å². The third kappa shape index (κ3) is 3.27. The highest BCUT2D eigenvalue weighted by atomic mass is 16.3. The fourth-order valence-corrected chi connectivity index (χ4v) is 1.69. The van der Waals surface area contributed by atoms with Crippen molar-refractivity contribution in [2.24, 2.45) is 5.10 Å². The van der Waals surface area contributed by atoms with Gasteiger partial charge >= 0.3 is 5.69 Å². The summed E-state index contributed by atoms with van der Waals surface area (Å²) in [5.41, 5.74) is 3.82. The number of β-amino-alcohol motifs (C(OH)–C–C–N with tert-alkyl or cyclic N) is 1. The van der Waals surface area contributed by atoms with Crippen LogP contribution in [0.15, 0.2) is 20.9 Å². The number of aromatic amines is 1. The second-order valence-corrected chi connectivity index (χ2v) is 4.15. The molecule has 1 aliphatic heterocycles. The Labute approximate surface area is 118 Å². The third-order valence-electron chi connectivity index (χ3n) is 2.70. The number of nitrogens with one attached hydrogen (secondary N) is 4. The van der Waals surface area contributed by atoms with E-state index in [0.717, 1.165) is 4.57 Å². The molecule has 2 heterocycles. The van der Waals surface area contributed by atoms with Gasteiger partial charge in [-0.15, -0.1) is 10.2 Å². The molecule has 11 nitrogen and oxygen atoms in total. The third-order valence-corrected chi connectivity index (χ3v) is 2.70. The second kappa shape index (κ2) is 6.19. The lowest BCUT2D eigenvalue weighted by molar-refractivity contribution is 0.0960. The Morgan fingerprint density at radius 2 is 2.24 bits per heavy atom. The van der Waals surface area contributed by atoms with Gasteiger partial charge in [0.2, 0.25) is 0 Å². The molecule has 0 aliphatic carbocycles. The van der Waals surface area contributed by atoms with Gasteiger partial charge in [-0.3, -0.25) is 24.6 Å². The zero-order valence-electron chi connectivity index (χ0n) is 11.2. The van der Waals surface area contributed by atoms with Crippen LogP contribution in [-0.2, 0) is 6.54 Å². The molecular weight excluding hydrogens is 282 g/mol. The number of nitrogens with zero attached hydrogens (tertiary/aromatic N) is 3. The zero-order chi connectivity index (χ0) is 15.4. The quantitative estimate of drug-likeness (QED) is 0.380. The molecule has 1 amide bonds. The summed E-state index contributed by atoms with van der Waals surface area (Å²) in [4.78, 5) is 36.9. The largest absolute Gasteiger partial charge is 0.395 e. The Morgan fingerprint density at radius 3 is 2.90 bits per heavy atom. The van der Waals surface area contributed by atoms with Gasteiger partial charge in [-0.1, -0.05) is 0 Å². The molecule has 0 unspecified atom stereocenters. The van der Waals surface area contributed by atoms with Crippen molar-refractivity contribution >= 4 is 11.7 Å². The molecular formula is C10H15N7O4. The maximum atomic E-state index is 11.7. The van der Waals surface area contributed by atoms with Crippen LogP contribution in [0.25, 0.3) is 0 Å². The lowest BCUT2D eigenvalue weighted by Gasteiger charge is -2.14. The summed E-state index contributed by atoms with van der Waals surface area (Å²) in [6.07, 6.45) is 1.17. The van der Waals surface area contributed by atoms with Crippen LogP contribution in [-0.4, -0.2) is 51.7 Å². The van der Waals surface area contributed by atoms with Crippen molar-refractivity contribution in [3.63, 3.8) is 0 Å². The molecule has 11 heteroatoms. The first-order valence-electron chi connectivity index (χ1n) is 6.08. The molecule has 1 aromatic heterocycles. The van der Waals surface area contributed by atoms with Gasteiger partial charge in [-0.05, 0) is 0 Å². The van der Waals surface area contributed by atoms with Crippen molar-refractivity contribution in [3.8, 4) is 0 Å². The molecule has 0 radical (unpaired) electrons. The Kier molecular flexibility index (Phi) is 4.35. The van der Waals surface area contributed by atoms with Crippen LogP contribution in [0, 0.1) is 0 Å². The number of carbonyl (C=O) groups excluding carboxylic acids is 1. The first kappa shape index (κ1) is 14.7. The summed E-state index contributed by atoms with van der Waals surface area (Å²) < 4.78 is 1.14. The van der Waals surface area contributed by atoms with Crippen molar-refractivity contribution < 1.29 is 9.90 Å². The van der Waals surface area contributed by atoms with Crippen molar-refractivity contribution in [2.45, 2.75) is 6.54 Å². The number of hydrazine groups is 2. The molecule has 0 atom stereocenters. The minimum Gasteiger partial charge on any atom is -0.395 e. The monoisotopic (exact) mass is 297 g/mol. The number of hydrogen-bond acceptors (Lipinski definition) is 8. The molecule has 0 bridgehead atoms. The normalized spacial score (nSPS) is 14.3. The van der Waals surface area contributed by atoms with E-state index in [1.54, 1.807) is 0 Å². The topological polar surface area (TPSA) is 144 Å². The predicted octanol–water partition coefficient (Wildman–Crippen LogP) is -3.47. The van der Waals surface area contributed by atoms with Gasteiger partial charge < -0.3 is 10.4 Å². The molecule has 0 saturated heterocycles. The molecule has 114 valence electrons. The van der Waals surface area contributed by atoms with Crippen LogP contribution in [0.4, 0.5) is 0 Å². The van der Waals surface area contributed by atoms with E-state index in [1.165, 1.54) is 18.4 Å². The number of hydrazone groups is 1. The summed E-state index contributed by atoms with van der Waals surface area (Å²) in [5, 5.41) is 16.4. The Hall–Kier alpha value is -2.66. The standard InChI is InChI=1S/C10H15N7O4/c1-11-8(19)6-4-16(10(21)12-9(6)20)5-7-13-15-17(14-7)2-3-18/h4,15,18H,2-3,5H2,1H3,(H,11,19)(H,13,14)(H,12,20,21). The summed E-state index contributed by atoms with van der Waals surface area (Å²) in [6, 6.07) is 0. The number of hydrogen-bond donors (Lipinski definition) is 5. The number of aliphatic hydroxyl groups excluding tert-OH is 1. The van der Waals surface area contributed by atoms with Gasteiger partial charge in [0.05, 0.1) is 19.7 Å². The van der Waals surface area contributed by atoms with Gasteiger partial charge in [0, 0.05) is 13.2 Å². The predicted molar refractivity (Wildman–Crippen MR) is 72.2 cm³/mol. The smallest absolute Gasteiger partial charge is 0.328 e. The molecule has 0 saturated carbocycles. The molecule has 0 aromatic carbocycles. The van der Waals surface area contributed by atoms with Crippen molar-refractivity contribution in [1.82, 2.24) is 30.9 Å². The maximum Gasteiger partial charge on any atom is 0.328 e. The zero-order valence-corrected chi connectivity index (χ0v) is 11.2. The van der Waals surface area contributed by atoms with Crippen molar-refractivity contribution in [3.05, 3.63) is 32.6 Å². The summed E-state index contributed by atoms with van der Waals surface area (Å²) in [7, 11) is 1.39. The van der Waals surface area contributed by atoms with Crippen LogP contribution in [0.1, 0.15) is 10.4 Å². The van der Waals surface area contributed by atoms with Crippen LogP contribution < -0.4 is 27.5 Å². The Morgan fingerprint density at radius 1 is 1.48 bits per heavy atom. The van der Waals surface area contributed by atoms with E-state index < -0.39 is 17.2 Å². The SMILES string of the molecule is CNC(=O)c1cn(CC2=NNN(CCO)N2)c(=O)[nH]c1=O. The molecule has 0 spiro atoms. The second-order valence-electron chi connectivity index (χ2n) is 4.15. The van der Waals surface area contributed by atoms with E-state index in [0.29, 0.717) is 5.84 Å². The van der Waals surface area contributed by atoms with E-state index in [-0.39, 0.29) is 25.3 Å². The maximum absolute atomic E-state index is 11.7. The fraction of sp³-hybridized carbons (Fsp3) is 0.400. The first-order chi connectivity index (χ1) is 10.0. The van der Waals surface area contributed by atoms with Gasteiger partial charge in [-0.2, -0.15) is 0 Å². The number of aromatic nitrogens is 2. The van der Waals surface area contributed by atoms with E-state index in [9.17, 15) is 14.4 Å². The molecule has 1 aliphatic rings. The van der Waals surface area contributed by atoms with Gasteiger partial charge in [-0.25, -0.2) is 10.3 Å². The lowest BCUT2D eigenvalue weighted by Crippen LogP contribution is -2.45. The minimum absolute atomic E-state index is 0.0224. The van der Waals surface area contributed by atoms with Gasteiger partial charge in [0.1, 0.15) is 5.56 Å². The lowest BCUT2D eigenvalue weighted by atomic mass is 10.3. The van der Waals surface area contributed by atoms with Crippen molar-refractivity contribution in [2.75, 3.05) is 20.2 Å². The van der Waals surface area contributed by atoms with Gasteiger partial charge in [0.15, 0.2) is 5.84 Å². The molecule has 0 fully saturated rings. The molecule has 21 heavy (non-hydrogen) atoms. The van der Waals surface area contributed by atoms with Crippen LogP contribution in [0.5, 0.6) is 0 Å². The summed E-state index contributed by atoms with van der Waals surface area (Å²) in [6.45, 7) is 0.230. The van der Waals surface area contributed by atoms with Crippen LogP contribution in [0.2, 0.25) is 0 Å². The summed E-state index contributed by atoms with van der Waals surface area (Å²) in [5.74, 6) is -0.202. The highest BCUT2D eigenvalue weighted by molar-refractivity contribution is 5.93.